The van der Waals surface area contributed by atoms with Gasteiger partial charge in [-0.05, 0) is 18.2 Å². The quantitative estimate of drug-likeness (QED) is 0.522. The standard InChI is InChI=1S/C9H4NO/c1-2-7-3-4-9-8(5-7)10-6-11-9/h1,3-5H. The van der Waals surface area contributed by atoms with Crippen LogP contribution in [0, 0.1) is 18.7 Å². The van der Waals surface area contributed by atoms with Crippen molar-refractivity contribution in [1.29, 1.82) is 0 Å². The molecule has 2 nitrogen and oxygen atoms in total. The third kappa shape index (κ3) is 0.870. The van der Waals surface area contributed by atoms with E-state index >= 15 is 0 Å². The van der Waals surface area contributed by atoms with E-state index in [2.05, 4.69) is 17.3 Å². The van der Waals surface area contributed by atoms with Gasteiger partial charge in [0.2, 0.25) is 0 Å². The van der Waals surface area contributed by atoms with Crippen molar-refractivity contribution in [3.63, 3.8) is 0 Å². The van der Waals surface area contributed by atoms with Gasteiger partial charge in [0, 0.05) is 5.56 Å². The maximum Gasteiger partial charge on any atom is 0.284 e. The van der Waals surface area contributed by atoms with Crippen LogP contribution in [0.2, 0.25) is 0 Å². The van der Waals surface area contributed by atoms with Gasteiger partial charge in [-0.2, -0.15) is 0 Å². The van der Waals surface area contributed by atoms with E-state index in [0.29, 0.717) is 5.58 Å². The Morgan fingerprint density at radius 2 is 2.45 bits per heavy atom. The van der Waals surface area contributed by atoms with Crippen LogP contribution in [0.4, 0.5) is 0 Å². The smallest absolute Gasteiger partial charge is 0.284 e. The maximum atomic E-state index is 5.19. The minimum absolute atomic E-state index is 0.712. The third-order valence-corrected chi connectivity index (χ3v) is 1.45. The summed E-state index contributed by atoms with van der Waals surface area (Å²) in [7, 11) is 0. The highest BCUT2D eigenvalue weighted by Crippen LogP contribution is 2.12. The molecule has 0 N–H and O–H groups in total. The van der Waals surface area contributed by atoms with E-state index in [0.717, 1.165) is 11.1 Å². The predicted octanol–water partition coefficient (Wildman–Crippen LogP) is 1.61. The van der Waals surface area contributed by atoms with Gasteiger partial charge in [0.25, 0.3) is 6.39 Å². The Balaban J connectivity index is 2.79. The van der Waals surface area contributed by atoms with Crippen molar-refractivity contribution in [3.8, 4) is 12.3 Å². The average molecular weight is 142 g/mol. The lowest BCUT2D eigenvalue weighted by molar-refractivity contribution is 0.591. The number of hydrogen-bond acceptors (Lipinski definition) is 2. The van der Waals surface area contributed by atoms with Crippen LogP contribution in [0.15, 0.2) is 22.6 Å². The highest BCUT2D eigenvalue weighted by Gasteiger charge is 1.97. The van der Waals surface area contributed by atoms with Gasteiger partial charge in [-0.25, -0.2) is 4.98 Å². The Hall–Kier alpha value is -1.75. The summed E-state index contributed by atoms with van der Waals surface area (Å²) in [4.78, 5) is 3.84. The van der Waals surface area contributed by atoms with Crippen LogP contribution < -0.4 is 0 Å². The van der Waals surface area contributed by atoms with E-state index in [9.17, 15) is 0 Å². The topological polar surface area (TPSA) is 26.0 Å². The Morgan fingerprint density at radius 1 is 1.55 bits per heavy atom. The molecule has 0 unspecified atom stereocenters. The molecular weight excluding hydrogens is 138 g/mol. The van der Waals surface area contributed by atoms with Gasteiger partial charge in [-0.15, -0.1) is 6.42 Å². The molecule has 0 fully saturated rings. The fraction of sp³-hybridized carbons (Fsp3) is 0. The molecule has 2 heteroatoms. The zero-order valence-electron chi connectivity index (χ0n) is 5.66. The van der Waals surface area contributed by atoms with Crippen molar-refractivity contribution in [2.24, 2.45) is 0 Å². The molecule has 0 aliphatic heterocycles. The van der Waals surface area contributed by atoms with Crippen LogP contribution in [-0.2, 0) is 0 Å². The van der Waals surface area contributed by atoms with Gasteiger partial charge in [-0.3, -0.25) is 0 Å². The van der Waals surface area contributed by atoms with Crippen molar-refractivity contribution >= 4 is 11.1 Å². The molecule has 0 aliphatic rings. The zero-order valence-corrected chi connectivity index (χ0v) is 5.66. The molecule has 0 saturated carbocycles. The monoisotopic (exact) mass is 142 g/mol. The van der Waals surface area contributed by atoms with E-state index in [1.54, 1.807) is 18.2 Å². The predicted molar refractivity (Wildman–Crippen MR) is 40.8 cm³/mol. The first-order valence-corrected chi connectivity index (χ1v) is 3.13. The fourth-order valence-electron chi connectivity index (χ4n) is 0.902. The highest BCUT2D eigenvalue weighted by molar-refractivity contribution is 5.73. The van der Waals surface area contributed by atoms with Gasteiger partial charge in [-0.1, -0.05) is 5.92 Å². The number of hydrogen-bond donors (Lipinski definition) is 0. The molecule has 0 aliphatic carbocycles. The molecule has 2 aromatic rings. The molecule has 0 bridgehead atoms. The van der Waals surface area contributed by atoms with Crippen molar-refractivity contribution in [1.82, 2.24) is 4.98 Å². The van der Waals surface area contributed by atoms with Gasteiger partial charge < -0.3 is 4.42 Å². The normalized spacial score (nSPS) is 9.73. The summed E-state index contributed by atoms with van der Waals surface area (Å²) >= 11 is 0. The Morgan fingerprint density at radius 3 is 3.27 bits per heavy atom. The summed E-state index contributed by atoms with van der Waals surface area (Å²) in [5.74, 6) is 2.51. The number of benzene rings is 1. The summed E-state index contributed by atoms with van der Waals surface area (Å²) < 4.78 is 4.91. The van der Waals surface area contributed by atoms with Gasteiger partial charge in [0.15, 0.2) is 5.58 Å². The van der Waals surface area contributed by atoms with Gasteiger partial charge >= 0.3 is 0 Å². The van der Waals surface area contributed by atoms with E-state index in [1.807, 2.05) is 0 Å². The first-order chi connectivity index (χ1) is 5.40. The van der Waals surface area contributed by atoms with Gasteiger partial charge in [0.1, 0.15) is 5.52 Å². The number of rotatable bonds is 0. The van der Waals surface area contributed by atoms with Crippen LogP contribution >= 0.6 is 0 Å². The Labute approximate surface area is 63.9 Å². The minimum Gasteiger partial charge on any atom is -0.432 e. The van der Waals surface area contributed by atoms with Crippen molar-refractivity contribution in [3.05, 3.63) is 30.2 Å². The maximum absolute atomic E-state index is 5.19. The van der Waals surface area contributed by atoms with Crippen LogP contribution in [0.25, 0.3) is 11.1 Å². The minimum atomic E-state index is 0.712. The van der Waals surface area contributed by atoms with Crippen LogP contribution in [0.3, 0.4) is 0 Å². The zero-order chi connectivity index (χ0) is 7.68. The van der Waals surface area contributed by atoms with Crippen molar-refractivity contribution in [2.75, 3.05) is 0 Å². The number of terminal acetylenes is 1. The largest absolute Gasteiger partial charge is 0.432 e. The lowest BCUT2D eigenvalue weighted by Gasteiger charge is -1.87. The lowest BCUT2D eigenvalue weighted by Crippen LogP contribution is -1.72. The molecule has 11 heavy (non-hydrogen) atoms. The number of fused-ring (bicyclic) bond motifs is 1. The van der Waals surface area contributed by atoms with Crippen molar-refractivity contribution in [2.45, 2.75) is 0 Å². The molecule has 1 aromatic carbocycles. The van der Waals surface area contributed by atoms with E-state index < -0.39 is 0 Å². The van der Waals surface area contributed by atoms with E-state index in [1.165, 1.54) is 0 Å². The highest BCUT2D eigenvalue weighted by atomic mass is 16.3. The molecule has 0 spiro atoms. The molecule has 1 aromatic heterocycles. The fourth-order valence-corrected chi connectivity index (χ4v) is 0.902. The Kier molecular flexibility index (Phi) is 1.16. The number of oxazole rings is 1. The second-order valence-corrected chi connectivity index (χ2v) is 2.13. The average Bonchev–Trinajstić information content (AvgIpc) is 2.50. The molecule has 0 amide bonds. The second-order valence-electron chi connectivity index (χ2n) is 2.13. The third-order valence-electron chi connectivity index (χ3n) is 1.45. The molecule has 1 radical (unpaired) electrons. The first kappa shape index (κ1) is 5.99. The summed E-state index contributed by atoms with van der Waals surface area (Å²) in [6.07, 6.45) is 7.59. The molecule has 0 saturated heterocycles. The molecule has 51 valence electrons. The Bertz CT molecular complexity index is 422. The van der Waals surface area contributed by atoms with Crippen LogP contribution in [0.5, 0.6) is 0 Å². The molecule has 0 atom stereocenters. The van der Waals surface area contributed by atoms with Crippen molar-refractivity contribution < 1.29 is 4.42 Å². The SMILES string of the molecule is C#Cc1ccc2o[c]nc2c1. The summed E-state index contributed by atoms with van der Waals surface area (Å²) in [6.45, 7) is 0. The summed E-state index contributed by atoms with van der Waals surface area (Å²) in [6, 6.07) is 5.38. The van der Waals surface area contributed by atoms with Crippen LogP contribution in [0.1, 0.15) is 5.56 Å². The number of aromatic nitrogens is 1. The molecule has 2 rings (SSSR count). The summed E-state index contributed by atoms with van der Waals surface area (Å²) in [5.41, 5.74) is 2.27. The molecule has 1 heterocycles. The first-order valence-electron chi connectivity index (χ1n) is 3.13. The number of nitrogens with zero attached hydrogens (tertiary/aromatic N) is 1. The molecular formula is C9H4NO. The van der Waals surface area contributed by atoms with E-state index in [4.69, 9.17) is 10.8 Å². The van der Waals surface area contributed by atoms with Crippen LogP contribution in [-0.4, -0.2) is 4.98 Å². The van der Waals surface area contributed by atoms with E-state index in [-0.39, 0.29) is 0 Å². The van der Waals surface area contributed by atoms with Gasteiger partial charge in [0.05, 0.1) is 0 Å². The lowest BCUT2D eigenvalue weighted by atomic mass is 10.2. The second kappa shape index (κ2) is 2.14. The summed E-state index contributed by atoms with van der Waals surface area (Å²) in [5, 5.41) is 0.